The van der Waals surface area contributed by atoms with Crippen LogP contribution >= 0.6 is 12.6 Å². The minimum atomic E-state index is -4.69. The van der Waals surface area contributed by atoms with Gasteiger partial charge >= 0.3 is 6.18 Å². The lowest BCUT2D eigenvalue weighted by atomic mass is 10.1. The fourth-order valence-corrected chi connectivity index (χ4v) is 1.09. The van der Waals surface area contributed by atoms with Gasteiger partial charge in [0.15, 0.2) is 0 Å². The molecule has 1 rings (SSSR count). The van der Waals surface area contributed by atoms with Gasteiger partial charge in [-0.1, -0.05) is 12.6 Å². The Morgan fingerprint density at radius 1 is 1.38 bits per heavy atom. The lowest BCUT2D eigenvalue weighted by Crippen LogP contribution is -2.28. The highest BCUT2D eigenvalue weighted by Gasteiger charge is 2.35. The third-order valence-corrected chi connectivity index (χ3v) is 1.70. The summed E-state index contributed by atoms with van der Waals surface area (Å²) in [5.41, 5.74) is -1.88. The normalized spacial score (nSPS) is 11.0. The summed E-state index contributed by atoms with van der Waals surface area (Å²) in [4.78, 5) is 25.0. The molecule has 1 aromatic heterocycles. The van der Waals surface area contributed by atoms with Crippen LogP contribution in [-0.2, 0) is 6.18 Å². The Morgan fingerprint density at radius 2 is 2.00 bits per heavy atom. The van der Waals surface area contributed by atoms with E-state index in [0.717, 1.165) is 12.4 Å². The molecule has 4 nitrogen and oxygen atoms in total. The molecule has 0 fully saturated rings. The molecule has 0 aliphatic heterocycles. The van der Waals surface area contributed by atoms with Crippen LogP contribution in [0.4, 0.5) is 18.0 Å². The monoisotopic (exact) mass is 250 g/mol. The van der Waals surface area contributed by atoms with E-state index in [1.165, 1.54) is 0 Å². The summed E-state index contributed by atoms with van der Waals surface area (Å²) in [5, 5.41) is 0.578. The van der Waals surface area contributed by atoms with Crippen LogP contribution in [-0.4, -0.2) is 16.1 Å². The molecule has 1 heterocycles. The van der Waals surface area contributed by atoms with Gasteiger partial charge in [-0.05, 0) is 6.07 Å². The number of amides is 2. The molecule has 0 radical (unpaired) electrons. The zero-order valence-corrected chi connectivity index (χ0v) is 8.47. The number of carbonyl (C=O) groups is 2. The minimum Gasteiger partial charge on any atom is -0.283 e. The molecule has 0 aliphatic rings. The van der Waals surface area contributed by atoms with Crippen molar-refractivity contribution >= 4 is 23.8 Å². The number of hydrogen-bond donors (Lipinski definition) is 2. The molecule has 0 spiro atoms. The highest BCUT2D eigenvalue weighted by molar-refractivity contribution is 7.96. The minimum absolute atomic E-state index is 0.651. The predicted octanol–water partition coefficient (Wildman–Crippen LogP) is 1.88. The van der Waals surface area contributed by atoms with E-state index in [-0.39, 0.29) is 0 Å². The number of alkyl halides is 3. The van der Waals surface area contributed by atoms with Gasteiger partial charge in [0.1, 0.15) is 0 Å². The first-order valence-corrected chi connectivity index (χ1v) is 4.32. The molecule has 16 heavy (non-hydrogen) atoms. The molecule has 1 aromatic rings. The first kappa shape index (κ1) is 12.5. The van der Waals surface area contributed by atoms with Crippen LogP contribution < -0.4 is 5.32 Å². The number of rotatable bonds is 1. The van der Waals surface area contributed by atoms with E-state index in [4.69, 9.17) is 0 Å². The van der Waals surface area contributed by atoms with Crippen molar-refractivity contribution in [3.05, 3.63) is 29.6 Å². The Hall–Kier alpha value is -1.57. The lowest BCUT2D eigenvalue weighted by molar-refractivity contribution is -0.138. The number of aromatic nitrogens is 1. The summed E-state index contributed by atoms with van der Waals surface area (Å²) in [6.07, 6.45) is -3.05. The summed E-state index contributed by atoms with van der Waals surface area (Å²) >= 11 is 3.22. The van der Waals surface area contributed by atoms with E-state index in [1.54, 1.807) is 5.32 Å². The number of thiol groups is 1. The molecular formula is C8H5F3N2O2S. The van der Waals surface area contributed by atoms with Crippen molar-refractivity contribution in [1.29, 1.82) is 0 Å². The van der Waals surface area contributed by atoms with Crippen LogP contribution in [0.1, 0.15) is 15.9 Å². The summed E-state index contributed by atoms with van der Waals surface area (Å²) in [7, 11) is 0. The number of carbonyl (C=O) groups excluding carboxylic acids is 2. The van der Waals surface area contributed by atoms with Gasteiger partial charge in [-0.3, -0.25) is 19.9 Å². The van der Waals surface area contributed by atoms with E-state index in [9.17, 15) is 22.8 Å². The zero-order chi connectivity index (χ0) is 12.3. The topological polar surface area (TPSA) is 59.1 Å². The van der Waals surface area contributed by atoms with Crippen LogP contribution in [0.15, 0.2) is 18.5 Å². The molecule has 0 unspecified atom stereocenters. The molecule has 0 aromatic carbocycles. The van der Waals surface area contributed by atoms with Crippen LogP contribution in [0.25, 0.3) is 0 Å². The van der Waals surface area contributed by atoms with Gasteiger partial charge in [0, 0.05) is 12.4 Å². The van der Waals surface area contributed by atoms with Crippen molar-refractivity contribution in [2.45, 2.75) is 6.18 Å². The van der Waals surface area contributed by atoms with Gasteiger partial charge < -0.3 is 0 Å². The van der Waals surface area contributed by atoms with Gasteiger partial charge in [-0.25, -0.2) is 0 Å². The third kappa shape index (κ3) is 2.96. The van der Waals surface area contributed by atoms with Crippen molar-refractivity contribution in [1.82, 2.24) is 10.3 Å². The highest BCUT2D eigenvalue weighted by Crippen LogP contribution is 2.31. The van der Waals surface area contributed by atoms with E-state index in [1.807, 2.05) is 0 Å². The number of pyridine rings is 1. The fraction of sp³-hybridized carbons (Fsp3) is 0.125. The number of imide groups is 1. The number of nitrogens with zero attached hydrogens (tertiary/aromatic N) is 1. The van der Waals surface area contributed by atoms with E-state index >= 15 is 0 Å². The van der Waals surface area contributed by atoms with Gasteiger partial charge in [0.2, 0.25) is 0 Å². The largest absolute Gasteiger partial charge is 0.417 e. The van der Waals surface area contributed by atoms with Crippen molar-refractivity contribution in [2.75, 3.05) is 0 Å². The van der Waals surface area contributed by atoms with E-state index in [0.29, 0.717) is 6.07 Å². The van der Waals surface area contributed by atoms with Gasteiger partial charge in [0.05, 0.1) is 11.1 Å². The summed E-state index contributed by atoms with van der Waals surface area (Å²) < 4.78 is 37.3. The summed E-state index contributed by atoms with van der Waals surface area (Å²) in [6.45, 7) is 0. The number of hydrogen-bond acceptors (Lipinski definition) is 3. The van der Waals surface area contributed by atoms with Crippen LogP contribution in [0.5, 0.6) is 0 Å². The Balaban J connectivity index is 3.14. The first-order chi connectivity index (χ1) is 7.32. The van der Waals surface area contributed by atoms with Crippen LogP contribution in [0, 0.1) is 0 Å². The van der Waals surface area contributed by atoms with Gasteiger partial charge in [0.25, 0.3) is 11.1 Å². The molecule has 86 valence electrons. The molecule has 0 atom stereocenters. The smallest absolute Gasteiger partial charge is 0.283 e. The van der Waals surface area contributed by atoms with Gasteiger partial charge in [-0.2, -0.15) is 13.2 Å². The first-order valence-electron chi connectivity index (χ1n) is 3.88. The highest BCUT2D eigenvalue weighted by atomic mass is 32.1. The molecular weight excluding hydrogens is 245 g/mol. The second-order valence-corrected chi connectivity index (χ2v) is 3.08. The van der Waals surface area contributed by atoms with Crippen molar-refractivity contribution in [2.24, 2.45) is 0 Å². The second-order valence-electron chi connectivity index (χ2n) is 2.68. The Morgan fingerprint density at radius 3 is 2.50 bits per heavy atom. The maximum absolute atomic E-state index is 12.4. The van der Waals surface area contributed by atoms with Crippen LogP contribution in [0.2, 0.25) is 0 Å². The second kappa shape index (κ2) is 4.52. The average Bonchev–Trinajstić information content (AvgIpc) is 2.15. The SMILES string of the molecule is O=C(S)NC(=O)c1cnccc1C(F)(F)F. The average molecular weight is 250 g/mol. The maximum Gasteiger partial charge on any atom is 0.417 e. The van der Waals surface area contributed by atoms with Crippen LogP contribution in [0.3, 0.4) is 0 Å². The molecule has 8 heteroatoms. The van der Waals surface area contributed by atoms with Crippen molar-refractivity contribution in [3.63, 3.8) is 0 Å². The summed E-state index contributed by atoms with van der Waals surface area (Å²) in [5.74, 6) is -1.19. The molecule has 0 aliphatic carbocycles. The number of halogens is 3. The third-order valence-electron chi connectivity index (χ3n) is 1.59. The van der Waals surface area contributed by atoms with E-state index < -0.39 is 28.4 Å². The Labute approximate surface area is 93.3 Å². The molecule has 0 saturated carbocycles. The molecule has 0 bridgehead atoms. The standard InChI is InChI=1S/C8H5F3N2O2S/c9-8(10,11)5-1-2-12-3-4(5)6(14)13-7(15)16/h1-3H,(H2,13,14,15,16). The fourth-order valence-electron chi connectivity index (χ4n) is 0.987. The molecule has 1 N–H and O–H groups in total. The number of nitrogens with one attached hydrogen (secondary N) is 1. The van der Waals surface area contributed by atoms with Crippen molar-refractivity contribution < 1.29 is 22.8 Å². The summed E-state index contributed by atoms with van der Waals surface area (Å²) in [6, 6.07) is 0.651. The van der Waals surface area contributed by atoms with Crippen molar-refractivity contribution in [3.8, 4) is 0 Å². The quantitative estimate of drug-likeness (QED) is 0.748. The lowest BCUT2D eigenvalue weighted by Gasteiger charge is -2.10. The molecule has 2 amide bonds. The zero-order valence-electron chi connectivity index (χ0n) is 7.58. The van der Waals surface area contributed by atoms with E-state index in [2.05, 4.69) is 17.6 Å². The molecule has 0 saturated heterocycles. The predicted molar refractivity (Wildman–Crippen MR) is 51.1 cm³/mol. The maximum atomic E-state index is 12.4. The van der Waals surface area contributed by atoms with Gasteiger partial charge in [-0.15, -0.1) is 0 Å². The Kier molecular flexibility index (Phi) is 3.53. The Bertz CT molecular complexity index is 434.